The molecule has 1 aromatic heterocycles. The molecule has 86 valence electrons. The summed E-state index contributed by atoms with van der Waals surface area (Å²) in [5, 5.41) is 12.4. The summed E-state index contributed by atoms with van der Waals surface area (Å²) in [6, 6.07) is 1.50. The van der Waals surface area contributed by atoms with Crippen molar-refractivity contribution in [3.8, 4) is 0 Å². The van der Waals surface area contributed by atoms with Crippen LogP contribution >= 0.6 is 11.3 Å². The zero-order valence-electron chi connectivity index (χ0n) is 8.65. The molecule has 0 atom stereocenters. The number of amides is 1. The lowest BCUT2D eigenvalue weighted by Gasteiger charge is -1.99. The molecule has 1 heterocycles. The molecule has 0 radical (unpaired) electrons. The molecule has 0 spiro atoms. The standard InChI is InChI=1S/C10H11NO4S/c1-6(12)7-4-8(16-5-7)10(15)11-3-2-9(13)14/h4-5H,2-3H2,1H3,(H,11,15)(H,13,14). The number of hydrogen-bond acceptors (Lipinski definition) is 4. The molecule has 1 rings (SSSR count). The molecule has 1 amide bonds. The minimum atomic E-state index is -0.962. The first-order chi connectivity index (χ1) is 7.50. The maximum absolute atomic E-state index is 11.5. The first kappa shape index (κ1) is 12.4. The van der Waals surface area contributed by atoms with Crippen molar-refractivity contribution < 1.29 is 19.5 Å². The second-order valence-corrected chi connectivity index (χ2v) is 4.07. The van der Waals surface area contributed by atoms with Crippen LogP contribution in [0.3, 0.4) is 0 Å². The van der Waals surface area contributed by atoms with Gasteiger partial charge in [0.2, 0.25) is 0 Å². The second kappa shape index (κ2) is 5.41. The van der Waals surface area contributed by atoms with Gasteiger partial charge in [-0.1, -0.05) is 0 Å². The highest BCUT2D eigenvalue weighted by Crippen LogP contribution is 2.14. The smallest absolute Gasteiger partial charge is 0.305 e. The van der Waals surface area contributed by atoms with Crippen molar-refractivity contribution in [2.24, 2.45) is 0 Å². The normalized spacial score (nSPS) is 9.81. The molecule has 0 saturated carbocycles. The van der Waals surface area contributed by atoms with E-state index in [4.69, 9.17) is 5.11 Å². The average molecular weight is 241 g/mol. The topological polar surface area (TPSA) is 83.5 Å². The Morgan fingerprint density at radius 1 is 1.44 bits per heavy atom. The molecule has 0 aliphatic carbocycles. The van der Waals surface area contributed by atoms with Crippen molar-refractivity contribution >= 4 is 29.0 Å². The fraction of sp³-hybridized carbons (Fsp3) is 0.300. The lowest BCUT2D eigenvalue weighted by molar-refractivity contribution is -0.136. The lowest BCUT2D eigenvalue weighted by Crippen LogP contribution is -2.25. The Morgan fingerprint density at radius 3 is 2.62 bits per heavy atom. The van der Waals surface area contributed by atoms with E-state index in [1.165, 1.54) is 13.0 Å². The number of carbonyl (C=O) groups is 3. The fourth-order valence-corrected chi connectivity index (χ4v) is 1.87. The Kier molecular flexibility index (Phi) is 4.19. The minimum absolute atomic E-state index is 0.0848. The van der Waals surface area contributed by atoms with E-state index < -0.39 is 5.97 Å². The van der Waals surface area contributed by atoms with E-state index in [-0.39, 0.29) is 24.7 Å². The van der Waals surface area contributed by atoms with Crippen molar-refractivity contribution in [1.82, 2.24) is 5.32 Å². The molecule has 5 nitrogen and oxygen atoms in total. The van der Waals surface area contributed by atoms with Crippen LogP contribution in [0.5, 0.6) is 0 Å². The first-order valence-electron chi connectivity index (χ1n) is 4.60. The minimum Gasteiger partial charge on any atom is -0.481 e. The molecular formula is C10H11NO4S. The van der Waals surface area contributed by atoms with E-state index in [0.29, 0.717) is 10.4 Å². The predicted molar refractivity (Wildman–Crippen MR) is 58.9 cm³/mol. The van der Waals surface area contributed by atoms with Gasteiger partial charge in [-0.2, -0.15) is 0 Å². The van der Waals surface area contributed by atoms with Gasteiger partial charge in [-0.25, -0.2) is 0 Å². The van der Waals surface area contributed by atoms with Crippen molar-refractivity contribution in [1.29, 1.82) is 0 Å². The van der Waals surface area contributed by atoms with Gasteiger partial charge >= 0.3 is 5.97 Å². The number of carboxylic acid groups (broad SMARTS) is 1. The van der Waals surface area contributed by atoms with Crippen molar-refractivity contribution in [3.63, 3.8) is 0 Å². The highest BCUT2D eigenvalue weighted by atomic mass is 32.1. The number of Topliss-reactive ketones (excluding diaryl/α,β-unsaturated/α-hetero) is 1. The number of thiophene rings is 1. The van der Waals surface area contributed by atoms with Crippen LogP contribution in [-0.4, -0.2) is 29.3 Å². The van der Waals surface area contributed by atoms with Crippen molar-refractivity contribution in [2.75, 3.05) is 6.54 Å². The third kappa shape index (κ3) is 3.47. The number of aliphatic carboxylic acids is 1. The van der Waals surface area contributed by atoms with Crippen molar-refractivity contribution in [2.45, 2.75) is 13.3 Å². The second-order valence-electron chi connectivity index (χ2n) is 3.16. The fourth-order valence-electron chi connectivity index (χ4n) is 1.01. The van der Waals surface area contributed by atoms with Gasteiger partial charge in [-0.15, -0.1) is 11.3 Å². The molecule has 0 aromatic carbocycles. The van der Waals surface area contributed by atoms with Crippen LogP contribution in [0, 0.1) is 0 Å². The summed E-state index contributed by atoms with van der Waals surface area (Å²) in [4.78, 5) is 33.1. The van der Waals surface area contributed by atoms with Gasteiger partial charge in [0.15, 0.2) is 5.78 Å². The number of ketones is 1. The highest BCUT2D eigenvalue weighted by Gasteiger charge is 2.10. The van der Waals surface area contributed by atoms with E-state index in [0.717, 1.165) is 11.3 Å². The summed E-state index contributed by atoms with van der Waals surface area (Å²) < 4.78 is 0. The molecule has 0 bridgehead atoms. The zero-order chi connectivity index (χ0) is 12.1. The summed E-state index contributed by atoms with van der Waals surface area (Å²) >= 11 is 1.16. The van der Waals surface area contributed by atoms with Crippen LogP contribution in [0.4, 0.5) is 0 Å². The van der Waals surface area contributed by atoms with Gasteiger partial charge in [-0.05, 0) is 13.0 Å². The van der Waals surface area contributed by atoms with Gasteiger partial charge in [0, 0.05) is 17.5 Å². The number of rotatable bonds is 5. The van der Waals surface area contributed by atoms with Crippen molar-refractivity contribution in [3.05, 3.63) is 21.9 Å². The van der Waals surface area contributed by atoms with E-state index >= 15 is 0 Å². The number of carbonyl (C=O) groups excluding carboxylic acids is 2. The van der Waals surface area contributed by atoms with E-state index in [9.17, 15) is 14.4 Å². The summed E-state index contributed by atoms with van der Waals surface area (Å²) in [7, 11) is 0. The largest absolute Gasteiger partial charge is 0.481 e. The summed E-state index contributed by atoms with van der Waals surface area (Å²) in [5.41, 5.74) is 0.494. The molecule has 0 unspecified atom stereocenters. The van der Waals surface area contributed by atoms with Gasteiger partial charge in [0.25, 0.3) is 5.91 Å². The molecule has 1 aromatic rings. The summed E-state index contributed by atoms with van der Waals surface area (Å²) in [6.45, 7) is 1.51. The predicted octanol–water partition coefficient (Wildman–Crippen LogP) is 1.16. The first-order valence-corrected chi connectivity index (χ1v) is 5.48. The van der Waals surface area contributed by atoms with Crippen LogP contribution in [0.1, 0.15) is 33.4 Å². The molecule has 16 heavy (non-hydrogen) atoms. The van der Waals surface area contributed by atoms with Gasteiger partial charge in [-0.3, -0.25) is 14.4 Å². The highest BCUT2D eigenvalue weighted by molar-refractivity contribution is 7.12. The third-order valence-corrected chi connectivity index (χ3v) is 2.78. The Bertz CT molecular complexity index is 424. The molecule has 6 heteroatoms. The Morgan fingerprint density at radius 2 is 2.12 bits per heavy atom. The molecule has 0 aliphatic rings. The summed E-state index contributed by atoms with van der Waals surface area (Å²) in [6.07, 6.45) is -0.114. The molecule has 2 N–H and O–H groups in total. The molecule has 0 saturated heterocycles. The Labute approximate surface area is 96.1 Å². The third-order valence-electron chi connectivity index (χ3n) is 1.85. The monoisotopic (exact) mass is 241 g/mol. The average Bonchev–Trinajstić information content (AvgIpc) is 2.65. The zero-order valence-corrected chi connectivity index (χ0v) is 9.47. The SMILES string of the molecule is CC(=O)c1csc(C(=O)NCCC(=O)O)c1. The number of nitrogens with one attached hydrogen (secondary N) is 1. The van der Waals surface area contributed by atoms with Crippen LogP contribution in [-0.2, 0) is 4.79 Å². The van der Waals surface area contributed by atoms with Crippen LogP contribution in [0.25, 0.3) is 0 Å². The quantitative estimate of drug-likeness (QED) is 0.757. The van der Waals surface area contributed by atoms with E-state index in [1.807, 2.05) is 0 Å². The maximum Gasteiger partial charge on any atom is 0.305 e. The van der Waals surface area contributed by atoms with Gasteiger partial charge in [0.05, 0.1) is 11.3 Å². The van der Waals surface area contributed by atoms with E-state index in [1.54, 1.807) is 5.38 Å². The van der Waals surface area contributed by atoms with Crippen LogP contribution in [0.15, 0.2) is 11.4 Å². The van der Waals surface area contributed by atoms with E-state index in [2.05, 4.69) is 5.32 Å². The molecule has 0 fully saturated rings. The number of hydrogen-bond donors (Lipinski definition) is 2. The van der Waals surface area contributed by atoms with Gasteiger partial charge in [0.1, 0.15) is 0 Å². The maximum atomic E-state index is 11.5. The van der Waals surface area contributed by atoms with Crippen LogP contribution in [0.2, 0.25) is 0 Å². The Hall–Kier alpha value is -1.69. The van der Waals surface area contributed by atoms with Gasteiger partial charge < -0.3 is 10.4 Å². The Balaban J connectivity index is 2.53. The molecular weight excluding hydrogens is 230 g/mol. The summed E-state index contributed by atoms with van der Waals surface area (Å²) in [5.74, 6) is -1.41. The lowest BCUT2D eigenvalue weighted by atomic mass is 10.2. The number of carboxylic acids is 1. The van der Waals surface area contributed by atoms with Crippen LogP contribution < -0.4 is 5.32 Å². The molecule has 0 aliphatic heterocycles.